The molecule has 2 heterocycles. The highest BCUT2D eigenvalue weighted by Crippen LogP contribution is 2.19. The van der Waals surface area contributed by atoms with Gasteiger partial charge in [0, 0.05) is 25.5 Å². The van der Waals surface area contributed by atoms with Gasteiger partial charge in [-0.25, -0.2) is 13.1 Å². The molecule has 2 atom stereocenters. The van der Waals surface area contributed by atoms with E-state index in [0.717, 1.165) is 0 Å². The maximum atomic E-state index is 12.1. The summed E-state index contributed by atoms with van der Waals surface area (Å²) in [6.45, 7) is 6.47. The number of sulfonamides is 1. The largest absolute Gasteiger partial charge is 0.377 e. The summed E-state index contributed by atoms with van der Waals surface area (Å²) < 4.78 is 37.1. The van der Waals surface area contributed by atoms with Gasteiger partial charge in [-0.1, -0.05) is 19.0 Å². The molecule has 1 aliphatic heterocycles. The second kappa shape index (κ2) is 6.19. The third-order valence-electron chi connectivity index (χ3n) is 3.35. The Morgan fingerprint density at radius 1 is 1.45 bits per heavy atom. The van der Waals surface area contributed by atoms with Crippen molar-refractivity contribution < 1.29 is 17.7 Å². The molecule has 0 spiro atoms. The van der Waals surface area contributed by atoms with Crippen LogP contribution in [0.2, 0.25) is 0 Å². The van der Waals surface area contributed by atoms with Crippen LogP contribution in [0, 0.1) is 0 Å². The van der Waals surface area contributed by atoms with E-state index in [9.17, 15) is 8.42 Å². The Morgan fingerprint density at radius 3 is 2.75 bits per heavy atom. The molecule has 0 aromatic carbocycles. The van der Waals surface area contributed by atoms with E-state index in [4.69, 9.17) is 9.26 Å². The first-order valence-electron chi connectivity index (χ1n) is 6.82. The lowest BCUT2D eigenvalue weighted by molar-refractivity contribution is 0.126. The maximum absolute atomic E-state index is 12.1. The standard InChI is InChI=1S/C12H21N3O4S/c1-8(2)12-14-11(19-15-12)4-6-13-20(16,17)10-5-7-18-9(10)3/h8-10,13H,4-7H2,1-3H3/t9-,10-/m0/s1. The zero-order valence-electron chi connectivity index (χ0n) is 12.0. The molecule has 2 rings (SSSR count). The number of aromatic nitrogens is 2. The van der Waals surface area contributed by atoms with Gasteiger partial charge in [0.1, 0.15) is 5.25 Å². The van der Waals surface area contributed by atoms with Crippen LogP contribution in [-0.4, -0.2) is 43.1 Å². The summed E-state index contributed by atoms with van der Waals surface area (Å²) >= 11 is 0. The van der Waals surface area contributed by atoms with E-state index in [2.05, 4.69) is 14.9 Å². The van der Waals surface area contributed by atoms with Gasteiger partial charge in [0.15, 0.2) is 5.82 Å². The van der Waals surface area contributed by atoms with Crippen LogP contribution < -0.4 is 4.72 Å². The van der Waals surface area contributed by atoms with Crippen molar-refractivity contribution in [2.24, 2.45) is 0 Å². The van der Waals surface area contributed by atoms with Crippen LogP contribution in [-0.2, 0) is 21.2 Å². The zero-order valence-corrected chi connectivity index (χ0v) is 12.8. The lowest BCUT2D eigenvalue weighted by atomic mass is 10.2. The summed E-state index contributed by atoms with van der Waals surface area (Å²) in [7, 11) is -3.35. The number of rotatable bonds is 6. The number of hydrogen-bond acceptors (Lipinski definition) is 6. The molecule has 0 saturated carbocycles. The molecule has 7 nitrogen and oxygen atoms in total. The third-order valence-corrected chi connectivity index (χ3v) is 5.37. The first-order chi connectivity index (χ1) is 9.40. The van der Waals surface area contributed by atoms with Gasteiger partial charge < -0.3 is 9.26 Å². The fourth-order valence-corrected chi connectivity index (χ4v) is 3.72. The molecule has 0 amide bonds. The van der Waals surface area contributed by atoms with Gasteiger partial charge in [-0.05, 0) is 13.3 Å². The predicted molar refractivity (Wildman–Crippen MR) is 72.8 cm³/mol. The van der Waals surface area contributed by atoms with Gasteiger partial charge in [0.25, 0.3) is 0 Å². The minimum Gasteiger partial charge on any atom is -0.377 e. The molecule has 20 heavy (non-hydrogen) atoms. The van der Waals surface area contributed by atoms with Crippen LogP contribution in [0.4, 0.5) is 0 Å². The second-order valence-corrected chi connectivity index (χ2v) is 7.28. The number of hydrogen-bond donors (Lipinski definition) is 1. The van der Waals surface area contributed by atoms with E-state index in [1.165, 1.54) is 0 Å². The van der Waals surface area contributed by atoms with E-state index >= 15 is 0 Å². The quantitative estimate of drug-likeness (QED) is 0.836. The highest BCUT2D eigenvalue weighted by molar-refractivity contribution is 7.90. The first kappa shape index (κ1) is 15.4. The van der Waals surface area contributed by atoms with Crippen LogP contribution in [0.15, 0.2) is 4.52 Å². The average Bonchev–Trinajstić information content (AvgIpc) is 2.97. The fourth-order valence-electron chi connectivity index (χ4n) is 2.13. The predicted octanol–water partition coefficient (Wildman–Crippen LogP) is 0.832. The van der Waals surface area contributed by atoms with Gasteiger partial charge in [-0.15, -0.1) is 0 Å². The lowest BCUT2D eigenvalue weighted by Gasteiger charge is -2.15. The molecular weight excluding hydrogens is 282 g/mol. The van der Waals surface area contributed by atoms with E-state index in [0.29, 0.717) is 31.2 Å². The van der Waals surface area contributed by atoms with Crippen molar-refractivity contribution in [1.82, 2.24) is 14.9 Å². The van der Waals surface area contributed by atoms with Crippen LogP contribution in [0.1, 0.15) is 44.8 Å². The van der Waals surface area contributed by atoms with Crippen molar-refractivity contribution in [1.29, 1.82) is 0 Å². The smallest absolute Gasteiger partial charge is 0.227 e. The van der Waals surface area contributed by atoms with Crippen LogP contribution in [0.3, 0.4) is 0 Å². The highest BCUT2D eigenvalue weighted by Gasteiger charge is 2.35. The van der Waals surface area contributed by atoms with E-state index in [-0.39, 0.29) is 18.6 Å². The molecular formula is C12H21N3O4S. The molecule has 1 aliphatic rings. The first-order valence-corrected chi connectivity index (χ1v) is 8.37. The van der Waals surface area contributed by atoms with Crippen LogP contribution in [0.5, 0.6) is 0 Å². The molecule has 1 aromatic rings. The van der Waals surface area contributed by atoms with Gasteiger partial charge in [0.2, 0.25) is 15.9 Å². The number of nitrogens with zero attached hydrogens (tertiary/aromatic N) is 2. The van der Waals surface area contributed by atoms with Crippen molar-refractivity contribution in [3.63, 3.8) is 0 Å². The average molecular weight is 303 g/mol. The fraction of sp³-hybridized carbons (Fsp3) is 0.833. The number of ether oxygens (including phenoxy) is 1. The summed E-state index contributed by atoms with van der Waals surface area (Å²) in [5, 5.41) is 3.36. The molecule has 8 heteroatoms. The summed E-state index contributed by atoms with van der Waals surface area (Å²) in [6, 6.07) is 0. The summed E-state index contributed by atoms with van der Waals surface area (Å²) in [6.07, 6.45) is 0.665. The molecule has 114 valence electrons. The van der Waals surface area contributed by atoms with Gasteiger partial charge >= 0.3 is 0 Å². The number of nitrogens with one attached hydrogen (secondary N) is 1. The maximum Gasteiger partial charge on any atom is 0.227 e. The molecule has 1 N–H and O–H groups in total. The Bertz CT molecular complexity index is 541. The van der Waals surface area contributed by atoms with E-state index < -0.39 is 15.3 Å². The molecule has 0 radical (unpaired) electrons. The minimum absolute atomic E-state index is 0.195. The van der Waals surface area contributed by atoms with Crippen molar-refractivity contribution in [2.75, 3.05) is 13.2 Å². The third kappa shape index (κ3) is 3.56. The van der Waals surface area contributed by atoms with Crippen LogP contribution in [0.25, 0.3) is 0 Å². The van der Waals surface area contributed by atoms with Crippen molar-refractivity contribution in [3.05, 3.63) is 11.7 Å². The van der Waals surface area contributed by atoms with Crippen molar-refractivity contribution >= 4 is 10.0 Å². The molecule has 0 bridgehead atoms. The minimum atomic E-state index is -3.35. The monoisotopic (exact) mass is 303 g/mol. The van der Waals surface area contributed by atoms with Crippen molar-refractivity contribution in [2.45, 2.75) is 50.9 Å². The van der Waals surface area contributed by atoms with Crippen LogP contribution >= 0.6 is 0 Å². The highest BCUT2D eigenvalue weighted by atomic mass is 32.2. The lowest BCUT2D eigenvalue weighted by Crippen LogP contribution is -2.39. The Balaban J connectivity index is 1.85. The molecule has 0 aliphatic carbocycles. The normalized spacial score (nSPS) is 23.6. The van der Waals surface area contributed by atoms with E-state index in [1.54, 1.807) is 6.92 Å². The summed E-state index contributed by atoms with van der Waals surface area (Å²) in [4.78, 5) is 4.20. The SMILES string of the molecule is CC(C)c1noc(CCNS(=O)(=O)[C@H]2CCO[C@H]2C)n1. The van der Waals surface area contributed by atoms with Gasteiger partial charge in [-0.2, -0.15) is 4.98 Å². The summed E-state index contributed by atoms with van der Waals surface area (Å²) in [5.41, 5.74) is 0. The van der Waals surface area contributed by atoms with Gasteiger partial charge in [-0.3, -0.25) is 0 Å². The van der Waals surface area contributed by atoms with Crippen molar-refractivity contribution in [3.8, 4) is 0 Å². The summed E-state index contributed by atoms with van der Waals surface area (Å²) in [5.74, 6) is 1.29. The second-order valence-electron chi connectivity index (χ2n) is 5.29. The molecule has 1 fully saturated rings. The topological polar surface area (TPSA) is 94.3 Å². The molecule has 0 unspecified atom stereocenters. The molecule has 1 aromatic heterocycles. The Labute approximate surface area is 119 Å². The van der Waals surface area contributed by atoms with E-state index in [1.807, 2.05) is 13.8 Å². The zero-order chi connectivity index (χ0) is 14.8. The van der Waals surface area contributed by atoms with Gasteiger partial charge in [0.05, 0.1) is 6.10 Å². The Kier molecular flexibility index (Phi) is 4.77. The Hall–Kier alpha value is -0.990. The Morgan fingerprint density at radius 2 is 2.20 bits per heavy atom. The molecule has 1 saturated heterocycles.